The molecule has 0 atom stereocenters. The third kappa shape index (κ3) is 7.95. The Morgan fingerprint density at radius 3 is 2.21 bits per heavy atom. The third-order valence-corrected chi connectivity index (χ3v) is 8.03. The van der Waals surface area contributed by atoms with E-state index in [0.717, 1.165) is 50.8 Å². The second-order valence-corrected chi connectivity index (χ2v) is 10.2. The van der Waals surface area contributed by atoms with E-state index in [-0.39, 0.29) is 24.9 Å². The molecule has 12 heteroatoms. The fourth-order valence-electron chi connectivity index (χ4n) is 4.12. The van der Waals surface area contributed by atoms with Crippen LogP contribution < -0.4 is 5.32 Å². The van der Waals surface area contributed by atoms with Crippen LogP contribution in [0.5, 0.6) is 0 Å². The molecule has 8 nitrogen and oxygen atoms in total. The number of hydrogen-bond donors (Lipinski definition) is 2. The lowest BCUT2D eigenvalue weighted by molar-refractivity contribution is -0.192. The van der Waals surface area contributed by atoms with Gasteiger partial charge >= 0.3 is 12.1 Å². The molecule has 2 aliphatic rings. The maximum atomic E-state index is 13.4. The number of aliphatic carboxylic acids is 1. The summed E-state index contributed by atoms with van der Waals surface area (Å²) in [6.45, 7) is 5.11. The van der Waals surface area contributed by atoms with Crippen LogP contribution in [0.2, 0.25) is 0 Å². The van der Waals surface area contributed by atoms with E-state index in [1.807, 2.05) is 24.0 Å². The Labute approximate surface area is 198 Å². The number of amides is 1. The summed E-state index contributed by atoms with van der Waals surface area (Å²) in [5, 5.41) is 10.4. The minimum Gasteiger partial charge on any atom is -0.475 e. The van der Waals surface area contributed by atoms with E-state index in [4.69, 9.17) is 9.90 Å². The van der Waals surface area contributed by atoms with Crippen LogP contribution >= 0.6 is 0 Å². The molecule has 1 heterocycles. The largest absolute Gasteiger partial charge is 0.490 e. The first-order chi connectivity index (χ1) is 15.9. The molecule has 1 aromatic rings. The van der Waals surface area contributed by atoms with Crippen molar-refractivity contribution in [1.29, 1.82) is 0 Å². The molecule has 0 spiro atoms. The molecular weight excluding hydrogens is 475 g/mol. The van der Waals surface area contributed by atoms with Gasteiger partial charge in [-0.1, -0.05) is 37.5 Å². The number of benzene rings is 1. The molecule has 2 N–H and O–H groups in total. The first kappa shape index (κ1) is 28.1. The van der Waals surface area contributed by atoms with Crippen molar-refractivity contribution < 1.29 is 36.3 Å². The Balaban J connectivity index is 0.000000509. The van der Waals surface area contributed by atoms with E-state index in [2.05, 4.69) is 5.32 Å². The number of carbonyl (C=O) groups is 2. The number of carbonyl (C=O) groups excluding carboxylic acids is 1. The maximum Gasteiger partial charge on any atom is 0.490 e. The molecule has 1 amide bonds. The van der Waals surface area contributed by atoms with Gasteiger partial charge < -0.3 is 15.3 Å². The van der Waals surface area contributed by atoms with E-state index >= 15 is 0 Å². The number of hydrogen-bond acceptors (Lipinski definition) is 5. The van der Waals surface area contributed by atoms with Crippen molar-refractivity contribution in [1.82, 2.24) is 14.5 Å². The fraction of sp³-hybridized carbons (Fsp3) is 0.636. The van der Waals surface area contributed by atoms with Crippen LogP contribution in [0.15, 0.2) is 29.2 Å². The second-order valence-electron chi connectivity index (χ2n) is 8.36. The van der Waals surface area contributed by atoms with E-state index in [1.165, 1.54) is 0 Å². The summed E-state index contributed by atoms with van der Waals surface area (Å²) in [7, 11) is -3.61. The van der Waals surface area contributed by atoms with Crippen LogP contribution in [-0.4, -0.2) is 79.5 Å². The van der Waals surface area contributed by atoms with Crippen molar-refractivity contribution in [2.75, 3.05) is 32.7 Å². The molecule has 34 heavy (non-hydrogen) atoms. The fourth-order valence-corrected chi connectivity index (χ4v) is 6.03. The lowest BCUT2D eigenvalue weighted by Crippen LogP contribution is -2.48. The molecule has 2 fully saturated rings. The van der Waals surface area contributed by atoms with Gasteiger partial charge in [-0.15, -0.1) is 0 Å². The summed E-state index contributed by atoms with van der Waals surface area (Å²) in [6, 6.07) is 7.13. The van der Waals surface area contributed by atoms with Crippen molar-refractivity contribution in [3.8, 4) is 0 Å². The minimum absolute atomic E-state index is 0.000761. The topological polar surface area (TPSA) is 107 Å². The smallest absolute Gasteiger partial charge is 0.475 e. The van der Waals surface area contributed by atoms with Gasteiger partial charge in [0.1, 0.15) is 0 Å². The van der Waals surface area contributed by atoms with Crippen LogP contribution in [0.1, 0.15) is 44.1 Å². The number of nitrogens with one attached hydrogen (secondary N) is 1. The van der Waals surface area contributed by atoms with Crippen LogP contribution in [0, 0.1) is 6.92 Å². The van der Waals surface area contributed by atoms with Gasteiger partial charge in [-0.25, -0.2) is 13.2 Å². The average molecular weight is 508 g/mol. The Kier molecular flexibility index (Phi) is 10.3. The molecule has 0 unspecified atom stereocenters. The summed E-state index contributed by atoms with van der Waals surface area (Å²) < 4.78 is 60.2. The van der Waals surface area contributed by atoms with E-state index in [1.54, 1.807) is 16.4 Å². The Bertz CT molecular complexity index is 928. The number of sulfonamides is 1. The summed E-state index contributed by atoms with van der Waals surface area (Å²) in [4.78, 5) is 23.7. The highest BCUT2D eigenvalue weighted by molar-refractivity contribution is 7.89. The molecule has 192 valence electrons. The summed E-state index contributed by atoms with van der Waals surface area (Å²) >= 11 is 0. The monoisotopic (exact) mass is 507 g/mol. The van der Waals surface area contributed by atoms with Gasteiger partial charge in [0.15, 0.2) is 0 Å². The Hall–Kier alpha value is -2.18. The summed E-state index contributed by atoms with van der Waals surface area (Å²) in [5.74, 6) is -2.70. The molecule has 1 aliphatic heterocycles. The van der Waals surface area contributed by atoms with Gasteiger partial charge in [-0.2, -0.15) is 17.5 Å². The van der Waals surface area contributed by atoms with Crippen molar-refractivity contribution >= 4 is 21.9 Å². The van der Waals surface area contributed by atoms with E-state index in [9.17, 15) is 26.4 Å². The highest BCUT2D eigenvalue weighted by Gasteiger charge is 2.38. The van der Waals surface area contributed by atoms with Gasteiger partial charge in [0, 0.05) is 45.2 Å². The predicted octanol–water partition coefficient (Wildman–Crippen LogP) is 2.77. The molecule has 1 saturated heterocycles. The number of alkyl halides is 3. The average Bonchev–Trinajstić information content (AvgIpc) is 2.80. The lowest BCUT2D eigenvalue weighted by atomic mass is 9.95. The second kappa shape index (κ2) is 12.5. The quantitative estimate of drug-likeness (QED) is 0.613. The Morgan fingerprint density at radius 1 is 1.12 bits per heavy atom. The molecule has 0 aromatic heterocycles. The number of rotatable bonds is 6. The standard InChI is InChI=1S/C20H31N3O3S.C2HF3O2/c1-17-7-5-6-10-19(17)27(25,26)23(18-8-3-2-4-9-18)14-11-20(24)22-15-12-21-13-16-22;3-2(4,5)1(6)7/h5-7,10,18,21H,2-4,8-9,11-16H2,1H3;(H,6,7). The molecule has 0 bridgehead atoms. The number of aryl methyl sites for hydroxylation is 1. The molecule has 1 aliphatic carbocycles. The van der Waals surface area contributed by atoms with E-state index in [0.29, 0.717) is 18.0 Å². The van der Waals surface area contributed by atoms with Crippen LogP contribution in [0.4, 0.5) is 13.2 Å². The van der Waals surface area contributed by atoms with E-state index < -0.39 is 22.2 Å². The highest BCUT2D eigenvalue weighted by atomic mass is 32.2. The first-order valence-corrected chi connectivity index (χ1v) is 12.7. The summed E-state index contributed by atoms with van der Waals surface area (Å²) in [6.07, 6.45) is 0.197. The number of carboxylic acids is 1. The zero-order chi connectivity index (χ0) is 25.4. The van der Waals surface area contributed by atoms with Gasteiger partial charge in [-0.05, 0) is 31.4 Å². The molecule has 3 rings (SSSR count). The minimum atomic E-state index is -5.08. The zero-order valence-electron chi connectivity index (χ0n) is 19.2. The zero-order valence-corrected chi connectivity index (χ0v) is 20.0. The SMILES string of the molecule is Cc1ccccc1S(=O)(=O)N(CCC(=O)N1CCNCC1)C1CCCCC1.O=C(O)C(F)(F)F. The number of halogens is 3. The van der Waals surface area contributed by atoms with Crippen molar-refractivity contribution in [3.05, 3.63) is 29.8 Å². The lowest BCUT2D eigenvalue weighted by Gasteiger charge is -2.34. The molecule has 0 radical (unpaired) electrons. The highest BCUT2D eigenvalue weighted by Crippen LogP contribution is 2.29. The van der Waals surface area contributed by atoms with Crippen molar-refractivity contribution in [2.24, 2.45) is 0 Å². The third-order valence-electron chi connectivity index (χ3n) is 5.92. The molecular formula is C22H32F3N3O5S. The summed E-state index contributed by atoms with van der Waals surface area (Å²) in [5.41, 5.74) is 0.756. The van der Waals surface area contributed by atoms with Gasteiger partial charge in [0.05, 0.1) is 4.90 Å². The van der Waals surface area contributed by atoms with Crippen molar-refractivity contribution in [3.63, 3.8) is 0 Å². The first-order valence-electron chi connectivity index (χ1n) is 11.3. The van der Waals surface area contributed by atoms with Gasteiger partial charge in [0.2, 0.25) is 15.9 Å². The predicted molar refractivity (Wildman–Crippen MR) is 120 cm³/mol. The Morgan fingerprint density at radius 2 is 1.68 bits per heavy atom. The van der Waals surface area contributed by atoms with Crippen LogP contribution in [0.25, 0.3) is 0 Å². The molecule has 1 aromatic carbocycles. The maximum absolute atomic E-state index is 13.4. The number of piperazine rings is 1. The van der Waals surface area contributed by atoms with Crippen LogP contribution in [-0.2, 0) is 19.6 Å². The number of carboxylic acid groups (broad SMARTS) is 1. The van der Waals surface area contributed by atoms with Crippen molar-refractivity contribution in [2.45, 2.75) is 62.6 Å². The van der Waals surface area contributed by atoms with Gasteiger partial charge in [0.25, 0.3) is 0 Å². The normalized spacial score (nSPS) is 17.7. The number of nitrogens with zero attached hydrogens (tertiary/aromatic N) is 2. The van der Waals surface area contributed by atoms with Crippen LogP contribution in [0.3, 0.4) is 0 Å². The van der Waals surface area contributed by atoms with Gasteiger partial charge in [-0.3, -0.25) is 4.79 Å². The molecule has 1 saturated carbocycles.